The van der Waals surface area contributed by atoms with Crippen molar-refractivity contribution in [2.75, 3.05) is 6.54 Å². The fourth-order valence-corrected chi connectivity index (χ4v) is 6.53. The lowest BCUT2D eigenvalue weighted by Gasteiger charge is -2.31. The van der Waals surface area contributed by atoms with E-state index in [1.54, 1.807) is 36.4 Å². The average Bonchev–Trinajstić information content (AvgIpc) is 3.45. The second kappa shape index (κ2) is 11.3. The SMILES string of the molecule is [CH2]c1ccc(C(=NO)N(C(=O)[C@@H]2CCCN2C(=O)[C@H](N)CC(C)C)S(=O)(=O)Cc2ccccc2)s1. The van der Waals surface area contributed by atoms with Crippen LogP contribution in [-0.4, -0.2) is 59.1 Å². The Labute approximate surface area is 210 Å². The van der Waals surface area contributed by atoms with Crippen molar-refractivity contribution in [1.29, 1.82) is 0 Å². The van der Waals surface area contributed by atoms with Gasteiger partial charge in [0.15, 0.2) is 0 Å². The Kier molecular flexibility index (Phi) is 8.68. The molecule has 2 heterocycles. The van der Waals surface area contributed by atoms with Gasteiger partial charge >= 0.3 is 0 Å². The van der Waals surface area contributed by atoms with Crippen LogP contribution in [0.4, 0.5) is 0 Å². The second-order valence-corrected chi connectivity index (χ2v) is 11.9. The van der Waals surface area contributed by atoms with Crippen molar-refractivity contribution in [1.82, 2.24) is 9.21 Å². The fourth-order valence-electron chi connectivity index (χ4n) is 4.15. The minimum absolute atomic E-state index is 0.178. The monoisotopic (exact) mass is 519 g/mol. The van der Waals surface area contributed by atoms with Crippen molar-refractivity contribution in [2.45, 2.75) is 50.9 Å². The number of oxime groups is 1. The van der Waals surface area contributed by atoms with Crippen molar-refractivity contribution in [3.63, 3.8) is 0 Å². The van der Waals surface area contributed by atoms with Gasteiger partial charge in [-0.2, -0.15) is 4.31 Å². The molecule has 1 aromatic carbocycles. The van der Waals surface area contributed by atoms with Crippen molar-refractivity contribution in [3.8, 4) is 0 Å². The summed E-state index contributed by atoms with van der Waals surface area (Å²) >= 11 is 1.09. The van der Waals surface area contributed by atoms with Crippen LogP contribution in [0.3, 0.4) is 0 Å². The lowest BCUT2D eigenvalue weighted by Crippen LogP contribution is -2.55. The van der Waals surface area contributed by atoms with Gasteiger partial charge in [-0.25, -0.2) is 8.42 Å². The Morgan fingerprint density at radius 3 is 2.51 bits per heavy atom. The number of hydrogen-bond acceptors (Lipinski definition) is 8. The van der Waals surface area contributed by atoms with Crippen LogP contribution in [0.1, 0.15) is 48.4 Å². The number of benzene rings is 1. The summed E-state index contributed by atoms with van der Waals surface area (Å²) in [5.41, 5.74) is 6.56. The van der Waals surface area contributed by atoms with Crippen LogP contribution in [0.5, 0.6) is 0 Å². The number of carbonyl (C=O) groups excluding carboxylic acids is 2. The number of amides is 2. The predicted molar refractivity (Wildman–Crippen MR) is 135 cm³/mol. The Morgan fingerprint density at radius 2 is 1.94 bits per heavy atom. The van der Waals surface area contributed by atoms with E-state index in [1.807, 2.05) is 13.8 Å². The quantitative estimate of drug-likeness (QED) is 0.238. The molecule has 1 aromatic heterocycles. The maximum atomic E-state index is 13.8. The molecule has 1 aliphatic rings. The smallest absolute Gasteiger partial charge is 0.264 e. The largest absolute Gasteiger partial charge is 0.409 e. The summed E-state index contributed by atoms with van der Waals surface area (Å²) in [5.74, 6) is -1.98. The molecule has 189 valence electrons. The summed E-state index contributed by atoms with van der Waals surface area (Å²) in [6, 6.07) is 9.74. The number of carbonyl (C=O) groups is 2. The summed E-state index contributed by atoms with van der Waals surface area (Å²) in [7, 11) is -4.34. The van der Waals surface area contributed by atoms with Gasteiger partial charge < -0.3 is 15.8 Å². The molecule has 9 nitrogen and oxygen atoms in total. The van der Waals surface area contributed by atoms with E-state index in [1.165, 1.54) is 11.0 Å². The molecule has 1 fully saturated rings. The Balaban J connectivity index is 2.01. The minimum Gasteiger partial charge on any atom is -0.409 e. The molecule has 3 rings (SSSR count). The predicted octanol–water partition coefficient (Wildman–Crippen LogP) is 2.79. The van der Waals surface area contributed by atoms with Gasteiger partial charge in [-0.3, -0.25) is 9.59 Å². The minimum atomic E-state index is -4.34. The molecule has 35 heavy (non-hydrogen) atoms. The van der Waals surface area contributed by atoms with Gasteiger partial charge in [-0.15, -0.1) is 11.3 Å². The van der Waals surface area contributed by atoms with E-state index in [0.717, 1.165) is 11.3 Å². The highest BCUT2D eigenvalue weighted by atomic mass is 32.2. The molecule has 2 aromatic rings. The number of likely N-dealkylation sites (tertiary alicyclic amines) is 1. The zero-order valence-corrected chi connectivity index (χ0v) is 21.5. The fraction of sp³-hybridized carbons (Fsp3) is 0.417. The normalized spacial score (nSPS) is 17.6. The first-order valence-electron chi connectivity index (χ1n) is 11.4. The Morgan fingerprint density at radius 1 is 1.26 bits per heavy atom. The highest BCUT2D eigenvalue weighted by Crippen LogP contribution is 2.27. The third kappa shape index (κ3) is 6.28. The maximum absolute atomic E-state index is 13.8. The molecule has 1 radical (unpaired) electrons. The van der Waals surface area contributed by atoms with Crippen LogP contribution in [0.2, 0.25) is 0 Å². The second-order valence-electron chi connectivity index (χ2n) is 8.96. The number of nitrogens with zero attached hydrogens (tertiary/aromatic N) is 3. The summed E-state index contributed by atoms with van der Waals surface area (Å²) in [4.78, 5) is 29.1. The van der Waals surface area contributed by atoms with Gasteiger partial charge in [-0.05, 0) is 49.8 Å². The van der Waals surface area contributed by atoms with Crippen LogP contribution in [0.15, 0.2) is 47.6 Å². The number of thiophene rings is 1. The topological polar surface area (TPSA) is 133 Å². The first-order valence-corrected chi connectivity index (χ1v) is 13.8. The molecule has 1 aliphatic heterocycles. The van der Waals surface area contributed by atoms with Crippen LogP contribution in [-0.2, 0) is 25.4 Å². The highest BCUT2D eigenvalue weighted by Gasteiger charge is 2.44. The average molecular weight is 520 g/mol. The number of sulfonamides is 1. The molecule has 0 unspecified atom stereocenters. The molecule has 2 amide bonds. The molecule has 11 heteroatoms. The van der Waals surface area contributed by atoms with Crippen LogP contribution in [0.25, 0.3) is 0 Å². The zero-order valence-electron chi connectivity index (χ0n) is 19.8. The molecule has 0 spiro atoms. The van der Waals surface area contributed by atoms with E-state index in [-0.39, 0.29) is 17.2 Å². The van der Waals surface area contributed by atoms with Gasteiger partial charge in [0.05, 0.1) is 16.7 Å². The molecular formula is C24H31N4O5S2. The first kappa shape index (κ1) is 26.8. The van der Waals surface area contributed by atoms with Gasteiger partial charge in [0.25, 0.3) is 5.91 Å². The summed E-state index contributed by atoms with van der Waals surface area (Å²) in [5, 5.41) is 13.1. The molecule has 1 saturated heterocycles. The lowest BCUT2D eigenvalue weighted by atomic mass is 10.0. The summed E-state index contributed by atoms with van der Waals surface area (Å²) in [6.45, 7) is 7.99. The van der Waals surface area contributed by atoms with E-state index in [0.29, 0.717) is 34.1 Å². The number of rotatable bonds is 8. The van der Waals surface area contributed by atoms with Crippen molar-refractivity contribution in [2.24, 2.45) is 16.8 Å². The lowest BCUT2D eigenvalue weighted by molar-refractivity contribution is -0.140. The number of amidine groups is 1. The van der Waals surface area contributed by atoms with E-state index in [9.17, 15) is 23.2 Å². The zero-order chi connectivity index (χ0) is 25.8. The molecule has 2 atom stereocenters. The standard InChI is InChI=1S/C24H31N4O5S2/c1-16(2)14-19(25)23(29)27-13-7-10-20(27)24(30)28(22(26-31)21-12-11-17(3)34-21)35(32,33)15-18-8-5-4-6-9-18/h4-6,8-9,11-12,16,19-20,31H,3,7,10,13-15,25H2,1-2H3/t19-,20+/m1/s1. The molecular weight excluding hydrogens is 488 g/mol. The molecule has 0 bridgehead atoms. The molecule has 0 aliphatic carbocycles. The van der Waals surface area contributed by atoms with Gasteiger partial charge in [0, 0.05) is 11.4 Å². The van der Waals surface area contributed by atoms with Gasteiger partial charge in [-0.1, -0.05) is 49.3 Å². The van der Waals surface area contributed by atoms with Crippen LogP contribution >= 0.6 is 11.3 Å². The van der Waals surface area contributed by atoms with Crippen molar-refractivity contribution < 1.29 is 23.2 Å². The van der Waals surface area contributed by atoms with Crippen LogP contribution < -0.4 is 5.73 Å². The van der Waals surface area contributed by atoms with Crippen LogP contribution in [0, 0.1) is 12.8 Å². The Hall–Kier alpha value is -2.76. The van der Waals surface area contributed by atoms with Crippen molar-refractivity contribution >= 4 is 39.0 Å². The number of hydrogen-bond donors (Lipinski definition) is 2. The maximum Gasteiger partial charge on any atom is 0.264 e. The van der Waals surface area contributed by atoms with Gasteiger partial charge in [0.1, 0.15) is 6.04 Å². The summed E-state index contributed by atoms with van der Waals surface area (Å²) < 4.78 is 27.8. The van der Waals surface area contributed by atoms with Gasteiger partial charge in [0.2, 0.25) is 21.8 Å². The molecule has 0 saturated carbocycles. The van der Waals surface area contributed by atoms with E-state index in [4.69, 9.17) is 5.73 Å². The summed E-state index contributed by atoms with van der Waals surface area (Å²) in [6.07, 6.45) is 1.24. The van der Waals surface area contributed by atoms with E-state index in [2.05, 4.69) is 12.1 Å². The Bertz CT molecular complexity index is 1180. The van der Waals surface area contributed by atoms with E-state index >= 15 is 0 Å². The first-order chi connectivity index (χ1) is 16.5. The highest BCUT2D eigenvalue weighted by molar-refractivity contribution is 7.89. The van der Waals surface area contributed by atoms with E-state index < -0.39 is 45.5 Å². The third-order valence-electron chi connectivity index (χ3n) is 5.70. The number of nitrogens with two attached hydrogens (primary N) is 1. The third-order valence-corrected chi connectivity index (χ3v) is 8.25. The van der Waals surface area contributed by atoms with Crippen molar-refractivity contribution in [3.05, 3.63) is 64.7 Å². The molecule has 3 N–H and O–H groups in total.